The fourth-order valence-electron chi connectivity index (χ4n) is 2.82. The van der Waals surface area contributed by atoms with Crippen LogP contribution in [0.2, 0.25) is 0 Å². The molecule has 3 rings (SSSR count). The first-order chi connectivity index (χ1) is 12.6. The van der Waals surface area contributed by atoms with Crippen LogP contribution in [-0.4, -0.2) is 25.1 Å². The Morgan fingerprint density at radius 2 is 2.00 bits per heavy atom. The van der Waals surface area contributed by atoms with E-state index in [0.29, 0.717) is 30.2 Å². The van der Waals surface area contributed by atoms with Gasteiger partial charge in [0, 0.05) is 18.4 Å². The minimum absolute atomic E-state index is 0.0790. The first-order valence-corrected chi connectivity index (χ1v) is 8.46. The predicted octanol–water partition coefficient (Wildman–Crippen LogP) is 3.66. The average molecular weight is 354 g/mol. The van der Waals surface area contributed by atoms with Gasteiger partial charge in [-0.2, -0.15) is 0 Å². The van der Waals surface area contributed by atoms with Gasteiger partial charge in [-0.05, 0) is 37.3 Å². The van der Waals surface area contributed by atoms with E-state index in [1.165, 1.54) is 0 Å². The Kier molecular flexibility index (Phi) is 5.41. The number of amides is 1. The zero-order valence-corrected chi connectivity index (χ0v) is 15.1. The van der Waals surface area contributed by atoms with Gasteiger partial charge in [0.2, 0.25) is 5.91 Å². The highest BCUT2D eigenvalue weighted by Crippen LogP contribution is 2.29. The molecule has 0 fully saturated rings. The standard InChI is InChI=1S/C20H22N2O4/c1-13(15-12-14(24-2)8-9-17(15)25-3)21-19(23)10-11-20-22-16-6-4-5-7-18(16)26-20/h4-9,12-13H,10-11H2,1-3H3,(H,21,23)/t13-/m1/s1. The van der Waals surface area contributed by atoms with Gasteiger partial charge in [0.05, 0.1) is 20.3 Å². The van der Waals surface area contributed by atoms with E-state index >= 15 is 0 Å². The molecule has 0 aliphatic rings. The summed E-state index contributed by atoms with van der Waals surface area (Å²) < 4.78 is 16.3. The summed E-state index contributed by atoms with van der Waals surface area (Å²) in [6.45, 7) is 1.91. The molecule has 1 amide bonds. The number of carbonyl (C=O) groups is 1. The van der Waals surface area contributed by atoms with Crippen molar-refractivity contribution in [2.75, 3.05) is 14.2 Å². The summed E-state index contributed by atoms with van der Waals surface area (Å²) in [7, 11) is 3.21. The number of hydrogen-bond acceptors (Lipinski definition) is 5. The van der Waals surface area contributed by atoms with E-state index in [9.17, 15) is 4.79 Å². The Bertz CT molecular complexity index is 871. The van der Waals surface area contributed by atoms with Crippen LogP contribution in [0.25, 0.3) is 11.1 Å². The summed E-state index contributed by atoms with van der Waals surface area (Å²) >= 11 is 0. The first-order valence-electron chi connectivity index (χ1n) is 8.46. The SMILES string of the molecule is COc1ccc(OC)c([C@@H](C)NC(=O)CCc2nc3ccccc3o2)c1. The number of benzene rings is 2. The first kappa shape index (κ1) is 17.8. The highest BCUT2D eigenvalue weighted by atomic mass is 16.5. The summed E-state index contributed by atoms with van der Waals surface area (Å²) in [5.41, 5.74) is 2.40. The highest BCUT2D eigenvalue weighted by molar-refractivity contribution is 5.77. The van der Waals surface area contributed by atoms with Crippen LogP contribution in [0.1, 0.15) is 30.8 Å². The number of fused-ring (bicyclic) bond motifs is 1. The van der Waals surface area contributed by atoms with E-state index in [1.807, 2.05) is 49.4 Å². The summed E-state index contributed by atoms with van der Waals surface area (Å²) in [6, 6.07) is 12.9. The second kappa shape index (κ2) is 7.91. The predicted molar refractivity (Wildman–Crippen MR) is 98.4 cm³/mol. The minimum Gasteiger partial charge on any atom is -0.497 e. The molecule has 136 valence electrons. The third-order valence-electron chi connectivity index (χ3n) is 4.18. The number of nitrogens with one attached hydrogen (secondary N) is 1. The van der Waals surface area contributed by atoms with Crippen LogP contribution >= 0.6 is 0 Å². The Hall–Kier alpha value is -3.02. The molecule has 0 saturated carbocycles. The molecule has 26 heavy (non-hydrogen) atoms. The van der Waals surface area contributed by atoms with E-state index < -0.39 is 0 Å². The Labute approximate surface area is 152 Å². The van der Waals surface area contributed by atoms with Crippen LogP contribution in [-0.2, 0) is 11.2 Å². The van der Waals surface area contributed by atoms with E-state index in [2.05, 4.69) is 10.3 Å². The molecule has 1 aromatic heterocycles. The lowest BCUT2D eigenvalue weighted by molar-refractivity contribution is -0.121. The van der Waals surface area contributed by atoms with E-state index in [4.69, 9.17) is 13.9 Å². The zero-order valence-electron chi connectivity index (χ0n) is 15.1. The molecule has 3 aromatic rings. The lowest BCUT2D eigenvalue weighted by Gasteiger charge is -2.18. The molecule has 1 N–H and O–H groups in total. The summed E-state index contributed by atoms with van der Waals surface area (Å²) in [5.74, 6) is 1.91. The number of carbonyl (C=O) groups excluding carboxylic acids is 1. The molecule has 0 aliphatic carbocycles. The highest BCUT2D eigenvalue weighted by Gasteiger charge is 2.16. The van der Waals surface area contributed by atoms with E-state index in [0.717, 1.165) is 16.7 Å². The molecule has 0 bridgehead atoms. The largest absolute Gasteiger partial charge is 0.497 e. The van der Waals surface area contributed by atoms with Crippen molar-refractivity contribution in [2.24, 2.45) is 0 Å². The number of aryl methyl sites for hydroxylation is 1. The lowest BCUT2D eigenvalue weighted by atomic mass is 10.1. The molecule has 0 saturated heterocycles. The molecule has 6 heteroatoms. The molecule has 1 heterocycles. The van der Waals surface area contributed by atoms with Crippen molar-refractivity contribution in [3.63, 3.8) is 0 Å². The van der Waals surface area contributed by atoms with Crippen molar-refractivity contribution in [3.05, 3.63) is 53.9 Å². The molecule has 0 spiro atoms. The minimum atomic E-state index is -0.212. The van der Waals surface area contributed by atoms with Crippen molar-refractivity contribution in [3.8, 4) is 11.5 Å². The molecular formula is C20H22N2O4. The van der Waals surface area contributed by atoms with Crippen molar-refractivity contribution in [1.82, 2.24) is 10.3 Å². The number of methoxy groups -OCH3 is 2. The lowest BCUT2D eigenvalue weighted by Crippen LogP contribution is -2.27. The summed E-state index contributed by atoms with van der Waals surface area (Å²) in [4.78, 5) is 16.7. The van der Waals surface area contributed by atoms with Gasteiger partial charge in [-0.25, -0.2) is 4.98 Å². The normalized spacial score (nSPS) is 12.0. The van der Waals surface area contributed by atoms with Crippen molar-refractivity contribution < 1.29 is 18.7 Å². The van der Waals surface area contributed by atoms with E-state index in [-0.39, 0.29) is 11.9 Å². The second-order valence-electron chi connectivity index (χ2n) is 5.97. The van der Waals surface area contributed by atoms with Crippen LogP contribution < -0.4 is 14.8 Å². The van der Waals surface area contributed by atoms with Crippen molar-refractivity contribution in [2.45, 2.75) is 25.8 Å². The second-order valence-corrected chi connectivity index (χ2v) is 5.97. The topological polar surface area (TPSA) is 73.6 Å². The van der Waals surface area contributed by atoms with Crippen LogP contribution in [0.3, 0.4) is 0 Å². The maximum absolute atomic E-state index is 12.3. The number of aromatic nitrogens is 1. The van der Waals surface area contributed by atoms with Gasteiger partial charge in [-0.1, -0.05) is 12.1 Å². The Morgan fingerprint density at radius 3 is 2.73 bits per heavy atom. The number of rotatable bonds is 7. The fraction of sp³-hybridized carbons (Fsp3) is 0.300. The monoisotopic (exact) mass is 354 g/mol. The van der Waals surface area contributed by atoms with Gasteiger partial charge < -0.3 is 19.2 Å². The van der Waals surface area contributed by atoms with Crippen molar-refractivity contribution in [1.29, 1.82) is 0 Å². The molecule has 2 aromatic carbocycles. The fourth-order valence-corrected chi connectivity index (χ4v) is 2.82. The Balaban J connectivity index is 1.62. The van der Waals surface area contributed by atoms with Gasteiger partial charge in [-0.15, -0.1) is 0 Å². The number of hydrogen-bond donors (Lipinski definition) is 1. The van der Waals surface area contributed by atoms with E-state index in [1.54, 1.807) is 14.2 Å². The number of nitrogens with zero attached hydrogens (tertiary/aromatic N) is 1. The smallest absolute Gasteiger partial charge is 0.220 e. The van der Waals surface area contributed by atoms with Gasteiger partial charge in [0.1, 0.15) is 17.0 Å². The van der Waals surface area contributed by atoms with Gasteiger partial charge in [-0.3, -0.25) is 4.79 Å². The maximum Gasteiger partial charge on any atom is 0.220 e. The third-order valence-corrected chi connectivity index (χ3v) is 4.18. The quantitative estimate of drug-likeness (QED) is 0.701. The van der Waals surface area contributed by atoms with Crippen LogP contribution in [0, 0.1) is 0 Å². The molecular weight excluding hydrogens is 332 g/mol. The molecule has 6 nitrogen and oxygen atoms in total. The van der Waals surface area contributed by atoms with Crippen molar-refractivity contribution >= 4 is 17.0 Å². The van der Waals surface area contributed by atoms with Gasteiger partial charge in [0.15, 0.2) is 11.5 Å². The van der Waals surface area contributed by atoms with Crippen LogP contribution in [0.4, 0.5) is 0 Å². The zero-order chi connectivity index (χ0) is 18.5. The van der Waals surface area contributed by atoms with Gasteiger partial charge in [0.25, 0.3) is 0 Å². The van der Waals surface area contributed by atoms with Crippen LogP contribution in [0.15, 0.2) is 46.9 Å². The maximum atomic E-state index is 12.3. The molecule has 0 radical (unpaired) electrons. The number of oxazole rings is 1. The third kappa shape index (κ3) is 3.96. The summed E-state index contributed by atoms with van der Waals surface area (Å²) in [5, 5.41) is 2.98. The number of para-hydroxylation sites is 2. The Morgan fingerprint density at radius 1 is 1.19 bits per heavy atom. The van der Waals surface area contributed by atoms with Gasteiger partial charge >= 0.3 is 0 Å². The summed E-state index contributed by atoms with van der Waals surface area (Å²) in [6.07, 6.45) is 0.742. The average Bonchev–Trinajstić information content (AvgIpc) is 3.08. The molecule has 0 aliphatic heterocycles. The number of ether oxygens (including phenoxy) is 2. The molecule has 1 atom stereocenters. The van der Waals surface area contributed by atoms with Crippen LogP contribution in [0.5, 0.6) is 11.5 Å². The molecule has 0 unspecified atom stereocenters.